The van der Waals surface area contributed by atoms with Gasteiger partial charge in [-0.2, -0.15) is 0 Å². The van der Waals surface area contributed by atoms with E-state index in [-0.39, 0.29) is 79.4 Å². The Labute approximate surface area is 478 Å². The van der Waals surface area contributed by atoms with Crippen LogP contribution in [0.25, 0.3) is 0 Å². The molecule has 0 spiro atoms. The Kier molecular flexibility index (Phi) is 25.1. The molecule has 0 amide bonds. The Morgan fingerprint density at radius 1 is 0.513 bits per heavy atom. The van der Waals surface area contributed by atoms with Gasteiger partial charge in [0.1, 0.15) is 6.29 Å². The average Bonchev–Trinajstić information content (AvgIpc) is 3.79. The zero-order valence-corrected chi connectivity index (χ0v) is 57.8. The first-order chi connectivity index (χ1) is 35.5. The first kappa shape index (κ1) is 70.6. The second-order valence-electron chi connectivity index (χ2n) is 27.9. The number of carbonyl (C=O) groups is 1. The third-order valence-electron chi connectivity index (χ3n) is 17.9. The number of carbonyl (C=O) groups excluding carboxylic acids is 1. The van der Waals surface area contributed by atoms with Gasteiger partial charge in [-0.15, -0.1) is 6.58 Å². The molecule has 0 saturated carbocycles. The highest BCUT2D eigenvalue weighted by Crippen LogP contribution is 2.44. The highest BCUT2D eigenvalue weighted by atomic mass is 32.2. The van der Waals surface area contributed by atoms with E-state index in [2.05, 4.69) is 142 Å². The van der Waals surface area contributed by atoms with Crippen LogP contribution >= 0.6 is 0 Å². The van der Waals surface area contributed by atoms with Crippen molar-refractivity contribution in [2.75, 3.05) is 38.9 Å². The maximum atomic E-state index is 13.4. The Bertz CT molecular complexity index is 2230. The van der Waals surface area contributed by atoms with E-state index in [9.17, 15) is 21.6 Å². The summed E-state index contributed by atoms with van der Waals surface area (Å²) in [5, 5.41) is 0.182. The van der Waals surface area contributed by atoms with Crippen LogP contribution in [0.1, 0.15) is 109 Å². The van der Waals surface area contributed by atoms with Crippen LogP contribution in [0.5, 0.6) is 0 Å². The molecule has 0 bridgehead atoms. The fourth-order valence-electron chi connectivity index (χ4n) is 8.93. The van der Waals surface area contributed by atoms with Crippen LogP contribution in [-0.2, 0) is 61.1 Å². The van der Waals surface area contributed by atoms with Gasteiger partial charge in [-0.05, 0) is 103 Å². The number of methoxy groups -OCH3 is 2. The summed E-state index contributed by atoms with van der Waals surface area (Å²) in [7, 11) is -12.2. The van der Waals surface area contributed by atoms with Crippen molar-refractivity contribution in [3.8, 4) is 0 Å². The van der Waals surface area contributed by atoms with Gasteiger partial charge in [-0.1, -0.05) is 126 Å². The van der Waals surface area contributed by atoms with Crippen molar-refractivity contribution in [1.29, 1.82) is 0 Å². The maximum Gasteiger partial charge on any atom is 0.192 e. The predicted molar refractivity (Wildman–Crippen MR) is 328 cm³/mol. The third kappa shape index (κ3) is 19.2. The lowest BCUT2D eigenvalue weighted by atomic mass is 9.94. The predicted octanol–water partition coefficient (Wildman–Crippen LogP) is 13.5. The number of sulfone groups is 2. The molecule has 2 aromatic rings. The molecule has 13 nitrogen and oxygen atoms in total. The molecule has 0 unspecified atom stereocenters. The standard InChI is InChI=1S/C30H54O6SSi2.C29H52O7SSi2/c1-13-17-26-25(22-37(31,32)24-18-15-14-16-19-24)28(33-8)27(35-26)20-23(36-39(11,12)30(5,6)7)21-34-38(9,10)29(2,3)4;1-28(2,3)38(8,9)34-20-22(36-39(10,11)29(4,5)6)19-26-27(33-7)24(25(35-26)17-18-30)21-37(31,32)23-15-13-12-14-16-23/h13-16,18-19,23,25-28H,1,17,20-22H2,2-12H3;12-16,18,22,24-27H,17,19-21H2,1-11H3/t23-,25-,26-,27+,28+;22-,24-,25-,26+,27+/m00/s1. The minimum absolute atomic E-state index is 0.00572. The molecule has 448 valence electrons. The summed E-state index contributed by atoms with van der Waals surface area (Å²) in [5.41, 5.74) is 0. The fourth-order valence-corrected chi connectivity index (χ4v) is 17.1. The van der Waals surface area contributed by atoms with Crippen molar-refractivity contribution in [3.63, 3.8) is 0 Å². The van der Waals surface area contributed by atoms with Gasteiger partial charge in [0.2, 0.25) is 0 Å². The number of benzene rings is 2. The van der Waals surface area contributed by atoms with Gasteiger partial charge in [0.25, 0.3) is 0 Å². The Hall–Kier alpha value is -1.70. The van der Waals surface area contributed by atoms with Gasteiger partial charge in [0, 0.05) is 45.3 Å². The zero-order valence-electron chi connectivity index (χ0n) is 52.2. The molecule has 0 aliphatic carbocycles. The number of aldehydes is 1. The van der Waals surface area contributed by atoms with Gasteiger partial charge in [0.05, 0.1) is 83.3 Å². The van der Waals surface area contributed by atoms with Crippen LogP contribution < -0.4 is 0 Å². The lowest BCUT2D eigenvalue weighted by Crippen LogP contribution is -2.49. The Balaban J connectivity index is 0.000000410. The van der Waals surface area contributed by atoms with Crippen LogP contribution in [0.2, 0.25) is 72.5 Å². The van der Waals surface area contributed by atoms with E-state index in [1.165, 1.54) is 0 Å². The van der Waals surface area contributed by atoms with Gasteiger partial charge in [0.15, 0.2) is 52.9 Å². The summed E-state index contributed by atoms with van der Waals surface area (Å²) < 4.78 is 105. The smallest absolute Gasteiger partial charge is 0.192 e. The molecule has 0 aromatic heterocycles. The summed E-state index contributed by atoms with van der Waals surface area (Å²) in [6.07, 6.45) is 1.45. The Morgan fingerprint density at radius 2 is 0.821 bits per heavy atom. The molecule has 0 radical (unpaired) electrons. The second kappa shape index (κ2) is 27.8. The third-order valence-corrected chi connectivity index (χ3v) is 39.6. The lowest BCUT2D eigenvalue weighted by Gasteiger charge is -2.42. The molecule has 4 rings (SSSR count). The van der Waals surface area contributed by atoms with E-state index in [1.54, 1.807) is 74.9 Å². The van der Waals surface area contributed by atoms with Gasteiger partial charge >= 0.3 is 0 Å². The topological polar surface area (TPSA) is 159 Å². The largest absolute Gasteiger partial charge is 0.414 e. The van der Waals surface area contributed by atoms with Crippen LogP contribution in [-0.4, -0.2) is 144 Å². The molecule has 2 aliphatic rings. The minimum atomic E-state index is -3.60. The maximum absolute atomic E-state index is 13.4. The lowest BCUT2D eigenvalue weighted by molar-refractivity contribution is -0.111. The summed E-state index contributed by atoms with van der Waals surface area (Å²) in [5.74, 6) is -0.999. The van der Waals surface area contributed by atoms with Crippen molar-refractivity contribution >= 4 is 59.2 Å². The molecular formula is C59H106O13S2Si4. The van der Waals surface area contributed by atoms with E-state index in [0.717, 1.165) is 6.29 Å². The zero-order chi connectivity index (χ0) is 59.7. The molecule has 2 aromatic carbocycles. The normalized spacial score (nSPS) is 24.1. The average molecular weight is 1200 g/mol. The molecule has 2 saturated heterocycles. The Morgan fingerprint density at radius 3 is 1.09 bits per heavy atom. The highest BCUT2D eigenvalue weighted by molar-refractivity contribution is 7.91. The molecule has 78 heavy (non-hydrogen) atoms. The molecule has 2 aliphatic heterocycles. The molecule has 19 heteroatoms. The quantitative estimate of drug-likeness (QED) is 0.0498. The monoisotopic (exact) mass is 1200 g/mol. The first-order valence-electron chi connectivity index (χ1n) is 28.1. The summed E-state index contributed by atoms with van der Waals surface area (Å²) in [6, 6.07) is 17.0. The van der Waals surface area contributed by atoms with Gasteiger partial charge < -0.3 is 41.4 Å². The van der Waals surface area contributed by atoms with Gasteiger partial charge in [-0.3, -0.25) is 0 Å². The van der Waals surface area contributed by atoms with E-state index >= 15 is 0 Å². The first-order valence-corrected chi connectivity index (χ1v) is 43.1. The minimum Gasteiger partial charge on any atom is -0.414 e. The summed E-state index contributed by atoms with van der Waals surface area (Å²) in [4.78, 5) is 12.1. The van der Waals surface area contributed by atoms with Crippen molar-refractivity contribution in [2.24, 2.45) is 11.8 Å². The molecule has 2 heterocycles. The van der Waals surface area contributed by atoms with Crippen LogP contribution in [0.4, 0.5) is 0 Å². The number of hydrogen-bond acceptors (Lipinski definition) is 13. The number of rotatable bonds is 26. The van der Waals surface area contributed by atoms with E-state index < -0.39 is 77.2 Å². The summed E-state index contributed by atoms with van der Waals surface area (Å²) >= 11 is 0. The van der Waals surface area contributed by atoms with Crippen molar-refractivity contribution in [1.82, 2.24) is 0 Å². The van der Waals surface area contributed by atoms with E-state index in [1.807, 2.05) is 6.07 Å². The molecular weight excluding hydrogens is 1090 g/mol. The van der Waals surface area contributed by atoms with Crippen LogP contribution in [0.3, 0.4) is 0 Å². The number of hydrogen-bond donors (Lipinski definition) is 0. The van der Waals surface area contributed by atoms with Crippen molar-refractivity contribution in [3.05, 3.63) is 73.3 Å². The van der Waals surface area contributed by atoms with Crippen molar-refractivity contribution < 1.29 is 58.3 Å². The van der Waals surface area contributed by atoms with Crippen LogP contribution in [0, 0.1) is 11.8 Å². The van der Waals surface area contributed by atoms with Crippen molar-refractivity contribution in [2.45, 2.75) is 240 Å². The molecule has 0 N–H and O–H groups in total. The molecule has 2 fully saturated rings. The SMILES string of the molecule is C=CC[C@@H]1O[C@H](C[C@@H](CO[Si](C)(C)C(C)(C)C)O[Si](C)(C)C(C)(C)C)[C@H](OC)[C@H]1CS(=O)(=O)c1ccccc1.CO[C@@H]1[C@@H](CS(=O)(=O)c2ccccc2)[C@H](CC=O)O[C@@H]1C[C@@H](CO[Si](C)(C)C(C)(C)C)O[Si](C)(C)C(C)(C)C. The van der Waals surface area contributed by atoms with Gasteiger partial charge in [-0.25, -0.2) is 16.8 Å². The second-order valence-corrected chi connectivity index (χ2v) is 51.1. The van der Waals surface area contributed by atoms with E-state index in [4.69, 9.17) is 36.7 Å². The molecule has 10 atom stereocenters. The fraction of sp³-hybridized carbons (Fsp3) is 0.746. The van der Waals surface area contributed by atoms with Crippen LogP contribution in [0.15, 0.2) is 83.1 Å². The number of ether oxygens (including phenoxy) is 4. The summed E-state index contributed by atoms with van der Waals surface area (Å²) in [6.45, 7) is 49.4. The van der Waals surface area contributed by atoms with E-state index in [0.29, 0.717) is 37.4 Å². The highest BCUT2D eigenvalue weighted by Gasteiger charge is 2.51.